The smallest absolute Gasteiger partial charge is 0.339 e. The maximum Gasteiger partial charge on any atom is 0.339 e. The number of nitrogens with zero attached hydrogens (tertiary/aromatic N) is 3. The molecule has 0 bridgehead atoms. The van der Waals surface area contributed by atoms with Crippen LogP contribution in [-0.2, 0) is 0 Å². The van der Waals surface area contributed by atoms with Gasteiger partial charge in [0.15, 0.2) is 5.75 Å². The Balaban J connectivity index is 1.52. The van der Waals surface area contributed by atoms with Gasteiger partial charge in [-0.05, 0) is 38.5 Å². The van der Waals surface area contributed by atoms with Crippen LogP contribution in [0.5, 0.6) is 11.5 Å². The van der Waals surface area contributed by atoms with Crippen LogP contribution in [0.3, 0.4) is 0 Å². The van der Waals surface area contributed by atoms with E-state index in [9.17, 15) is 19.1 Å². The molecule has 0 aliphatic carbocycles. The second-order valence-electron chi connectivity index (χ2n) is 7.97. The lowest BCUT2D eigenvalue weighted by Crippen LogP contribution is -2.58. The fourth-order valence-electron chi connectivity index (χ4n) is 4.16. The molecule has 0 radical (unpaired) electrons. The first-order chi connectivity index (χ1) is 15.3. The Kier molecular flexibility index (Phi) is 4.44. The van der Waals surface area contributed by atoms with Gasteiger partial charge in [-0.15, -0.1) is 0 Å². The number of carbonyl (C=O) groups is 2. The molecule has 1 amide bonds. The van der Waals surface area contributed by atoms with Crippen molar-refractivity contribution in [1.82, 2.24) is 14.5 Å². The van der Waals surface area contributed by atoms with Crippen LogP contribution in [-0.4, -0.2) is 50.3 Å². The number of rotatable bonds is 4. The van der Waals surface area contributed by atoms with Gasteiger partial charge in [-0.1, -0.05) is 0 Å². The highest BCUT2D eigenvalue weighted by Crippen LogP contribution is 2.35. The highest BCUT2D eigenvalue weighted by Gasteiger charge is 2.40. The third-order valence-electron chi connectivity index (χ3n) is 6.05. The predicted octanol–water partition coefficient (Wildman–Crippen LogP) is 4.37. The number of benzene rings is 1. The van der Waals surface area contributed by atoms with Gasteiger partial charge in [0.05, 0.1) is 24.3 Å². The zero-order valence-electron chi connectivity index (χ0n) is 17.6. The molecule has 1 aliphatic rings. The Hall–Kier alpha value is -3.88. The molecule has 1 fully saturated rings. The molecule has 5 rings (SSSR count). The molecule has 2 atom stereocenters. The number of furan rings is 1. The number of likely N-dealkylation sites (tertiary alicyclic amines) is 1. The Bertz CT molecular complexity index is 1410. The topological polar surface area (TPSA) is 97.3 Å². The fraction of sp³-hybridized carbons (Fsp3) is 0.261. The third kappa shape index (κ3) is 2.92. The summed E-state index contributed by atoms with van der Waals surface area (Å²) in [6.45, 7) is 5.17. The number of amides is 1. The zero-order chi connectivity index (χ0) is 22.7. The number of fused-ring (bicyclic) bond motifs is 2. The second-order valence-corrected chi connectivity index (χ2v) is 7.97. The molecule has 1 aliphatic heterocycles. The monoisotopic (exact) mass is 437 g/mol. The zero-order valence-corrected chi connectivity index (χ0v) is 17.6. The molecule has 32 heavy (non-hydrogen) atoms. The molecule has 4 heterocycles. The third-order valence-corrected chi connectivity index (χ3v) is 6.05. The lowest BCUT2D eigenvalue weighted by Gasteiger charge is -2.41. The fourth-order valence-corrected chi connectivity index (χ4v) is 4.16. The molecule has 1 saturated heterocycles. The molecule has 0 unspecified atom stereocenters. The lowest BCUT2D eigenvalue weighted by molar-refractivity contribution is 0.00637. The molecule has 1 N–H and O–H groups in total. The van der Waals surface area contributed by atoms with Crippen molar-refractivity contribution in [2.45, 2.75) is 33.0 Å². The van der Waals surface area contributed by atoms with Gasteiger partial charge in [0.2, 0.25) is 0 Å². The van der Waals surface area contributed by atoms with E-state index in [0.717, 1.165) is 0 Å². The first kappa shape index (κ1) is 20.0. The highest BCUT2D eigenvalue weighted by molar-refractivity contribution is 6.04. The summed E-state index contributed by atoms with van der Waals surface area (Å²) >= 11 is 0. The number of ether oxygens (including phenoxy) is 1. The summed E-state index contributed by atoms with van der Waals surface area (Å²) in [5.41, 5.74) is 2.26. The first-order valence-electron chi connectivity index (χ1n) is 10.1. The van der Waals surface area contributed by atoms with Crippen LogP contribution in [0.1, 0.15) is 39.0 Å². The van der Waals surface area contributed by atoms with Gasteiger partial charge in [0.25, 0.3) is 5.91 Å². The van der Waals surface area contributed by atoms with Crippen molar-refractivity contribution < 1.29 is 28.2 Å². The number of aromatic carboxylic acids is 1. The Morgan fingerprint density at radius 2 is 2.06 bits per heavy atom. The van der Waals surface area contributed by atoms with Crippen molar-refractivity contribution in [3.05, 3.63) is 59.1 Å². The highest BCUT2D eigenvalue weighted by atomic mass is 19.1. The number of aromatic nitrogens is 2. The summed E-state index contributed by atoms with van der Waals surface area (Å²) in [5, 5.41) is 14.2. The van der Waals surface area contributed by atoms with Crippen molar-refractivity contribution >= 4 is 28.4 Å². The van der Waals surface area contributed by atoms with Gasteiger partial charge >= 0.3 is 5.97 Å². The largest absolute Gasteiger partial charge is 0.478 e. The van der Waals surface area contributed by atoms with Gasteiger partial charge in [-0.3, -0.25) is 4.79 Å². The van der Waals surface area contributed by atoms with Gasteiger partial charge in [-0.25, -0.2) is 13.7 Å². The normalized spacial score (nSPS) is 18.2. The van der Waals surface area contributed by atoms with Gasteiger partial charge in [-0.2, -0.15) is 5.10 Å². The van der Waals surface area contributed by atoms with Crippen LogP contribution in [0.2, 0.25) is 0 Å². The van der Waals surface area contributed by atoms with Gasteiger partial charge < -0.3 is 19.2 Å². The summed E-state index contributed by atoms with van der Waals surface area (Å²) < 4.78 is 26.8. The Labute approximate surface area is 181 Å². The maximum absolute atomic E-state index is 13.6. The van der Waals surface area contributed by atoms with Crippen molar-refractivity contribution in [3.63, 3.8) is 0 Å². The van der Waals surface area contributed by atoms with Crippen LogP contribution >= 0.6 is 0 Å². The maximum atomic E-state index is 13.6. The lowest BCUT2D eigenvalue weighted by atomic mass is 10.0. The second kappa shape index (κ2) is 7.08. The van der Waals surface area contributed by atoms with Crippen LogP contribution in [0.25, 0.3) is 16.5 Å². The average molecular weight is 437 g/mol. The van der Waals surface area contributed by atoms with E-state index in [1.54, 1.807) is 61.9 Å². The SMILES string of the molecule is Cc1oc2cc(Oc3ccnn4cc(C(=O)N5C[C@H](F)[C@H]5C)c(C)c34)ccc2c1C(=O)O. The number of halogens is 1. The van der Waals surface area contributed by atoms with E-state index in [1.165, 1.54) is 4.90 Å². The Morgan fingerprint density at radius 1 is 1.28 bits per heavy atom. The number of hydrogen-bond donors (Lipinski definition) is 1. The minimum Gasteiger partial charge on any atom is -0.478 e. The van der Waals surface area contributed by atoms with Crippen molar-refractivity contribution in [2.75, 3.05) is 6.54 Å². The molecular weight excluding hydrogens is 417 g/mol. The van der Waals surface area contributed by atoms with Crippen LogP contribution in [0, 0.1) is 13.8 Å². The molecule has 4 aromatic rings. The summed E-state index contributed by atoms with van der Waals surface area (Å²) in [6.07, 6.45) is 2.17. The number of carbonyl (C=O) groups excluding carboxylic acids is 1. The number of aryl methyl sites for hydroxylation is 2. The molecule has 3 aromatic heterocycles. The summed E-state index contributed by atoms with van der Waals surface area (Å²) in [6, 6.07) is 6.16. The minimum absolute atomic E-state index is 0.0866. The molecule has 8 nitrogen and oxygen atoms in total. The van der Waals surface area contributed by atoms with E-state index in [1.807, 2.05) is 0 Å². The van der Waals surface area contributed by atoms with Crippen molar-refractivity contribution in [2.24, 2.45) is 0 Å². The van der Waals surface area contributed by atoms with E-state index < -0.39 is 18.2 Å². The first-order valence-corrected chi connectivity index (χ1v) is 10.1. The number of alkyl halides is 1. The minimum atomic E-state index is -1.05. The number of carboxylic acid groups (broad SMARTS) is 1. The number of carboxylic acids is 1. The van der Waals surface area contributed by atoms with E-state index >= 15 is 0 Å². The van der Waals surface area contributed by atoms with Crippen LogP contribution in [0.4, 0.5) is 4.39 Å². The van der Waals surface area contributed by atoms with Crippen LogP contribution < -0.4 is 4.74 Å². The van der Waals surface area contributed by atoms with Gasteiger partial charge in [0.1, 0.15) is 34.3 Å². The Morgan fingerprint density at radius 3 is 2.75 bits per heavy atom. The van der Waals surface area contributed by atoms with Crippen molar-refractivity contribution in [3.8, 4) is 11.5 Å². The van der Waals surface area contributed by atoms with E-state index in [0.29, 0.717) is 44.9 Å². The van der Waals surface area contributed by atoms with E-state index in [2.05, 4.69) is 5.10 Å². The average Bonchev–Trinajstić information content (AvgIpc) is 3.27. The molecule has 0 spiro atoms. The van der Waals surface area contributed by atoms with E-state index in [4.69, 9.17) is 9.15 Å². The van der Waals surface area contributed by atoms with Crippen LogP contribution in [0.15, 0.2) is 41.1 Å². The quantitative estimate of drug-likeness (QED) is 0.509. The van der Waals surface area contributed by atoms with E-state index in [-0.39, 0.29) is 18.0 Å². The summed E-state index contributed by atoms with van der Waals surface area (Å²) in [4.78, 5) is 25.9. The van der Waals surface area contributed by atoms with Crippen molar-refractivity contribution in [1.29, 1.82) is 0 Å². The predicted molar refractivity (Wildman–Crippen MR) is 113 cm³/mol. The molecular formula is C23H20FN3O5. The molecule has 9 heteroatoms. The molecule has 1 aromatic carbocycles. The molecule has 0 saturated carbocycles. The summed E-state index contributed by atoms with van der Waals surface area (Å²) in [5.74, 6) is -0.0623. The number of hydrogen-bond acceptors (Lipinski definition) is 5. The summed E-state index contributed by atoms with van der Waals surface area (Å²) in [7, 11) is 0. The molecule has 164 valence electrons. The standard InChI is InChI=1S/C23H20FN3O5/c1-11-16(22(28)26-10-17(24)12(26)2)9-27-21(11)18(6-7-25-27)32-14-4-5-15-19(8-14)31-13(3)20(15)23(29)30/h4-9,12,17H,10H2,1-3H3,(H,29,30)/t12-,17+/m1/s1. The van der Waals surface area contributed by atoms with Gasteiger partial charge in [0, 0.05) is 23.7 Å².